The normalized spacial score (nSPS) is 11.5. The Balaban J connectivity index is 2.15. The van der Waals surface area contributed by atoms with Crippen molar-refractivity contribution in [3.63, 3.8) is 0 Å². The molecule has 1 aromatic carbocycles. The molecule has 17 heavy (non-hydrogen) atoms. The summed E-state index contributed by atoms with van der Waals surface area (Å²) in [4.78, 5) is 4.05. The minimum absolute atomic E-state index is 0.146. The zero-order valence-electron chi connectivity index (χ0n) is 9.59. The maximum Gasteiger partial charge on any atom is 0.0991 e. The Hall–Kier alpha value is -2.34. The van der Waals surface area contributed by atoms with Crippen LogP contribution in [0.1, 0.15) is 24.1 Å². The number of nitriles is 1. The molecule has 0 spiro atoms. The van der Waals surface area contributed by atoms with Crippen molar-refractivity contribution in [2.75, 3.05) is 5.32 Å². The molecular formula is C14H13N3. The van der Waals surface area contributed by atoms with E-state index < -0.39 is 0 Å². The van der Waals surface area contributed by atoms with Gasteiger partial charge in [0.25, 0.3) is 0 Å². The van der Waals surface area contributed by atoms with Gasteiger partial charge in [-0.1, -0.05) is 12.1 Å². The SMILES string of the molecule is CC(Nc1cccnc1)c1cccc(C#N)c1. The smallest absolute Gasteiger partial charge is 0.0991 e. The molecule has 1 atom stereocenters. The molecule has 1 aromatic heterocycles. The topological polar surface area (TPSA) is 48.7 Å². The third kappa shape index (κ3) is 2.82. The molecule has 84 valence electrons. The monoisotopic (exact) mass is 223 g/mol. The molecule has 1 unspecified atom stereocenters. The second kappa shape index (κ2) is 5.13. The molecule has 0 saturated carbocycles. The maximum absolute atomic E-state index is 8.85. The Labute approximate surface area is 101 Å². The van der Waals surface area contributed by atoms with E-state index in [1.165, 1.54) is 0 Å². The molecule has 0 aliphatic carbocycles. The second-order valence-corrected chi connectivity index (χ2v) is 3.84. The summed E-state index contributed by atoms with van der Waals surface area (Å²) in [6, 6.07) is 13.8. The molecule has 0 amide bonds. The lowest BCUT2D eigenvalue weighted by atomic mass is 10.1. The van der Waals surface area contributed by atoms with Gasteiger partial charge in [0.15, 0.2) is 0 Å². The highest BCUT2D eigenvalue weighted by Gasteiger charge is 2.05. The van der Waals surface area contributed by atoms with Crippen LogP contribution in [0.25, 0.3) is 0 Å². The number of rotatable bonds is 3. The van der Waals surface area contributed by atoms with Crippen LogP contribution < -0.4 is 5.32 Å². The summed E-state index contributed by atoms with van der Waals surface area (Å²) in [7, 11) is 0. The van der Waals surface area contributed by atoms with E-state index >= 15 is 0 Å². The number of hydrogen-bond acceptors (Lipinski definition) is 3. The molecule has 0 radical (unpaired) electrons. The molecule has 3 heteroatoms. The first-order valence-corrected chi connectivity index (χ1v) is 5.46. The number of hydrogen-bond donors (Lipinski definition) is 1. The Bertz CT molecular complexity index is 529. The van der Waals surface area contributed by atoms with Gasteiger partial charge in [0.1, 0.15) is 0 Å². The highest BCUT2D eigenvalue weighted by molar-refractivity contribution is 5.44. The lowest BCUT2D eigenvalue weighted by Gasteiger charge is -2.15. The molecular weight excluding hydrogens is 210 g/mol. The molecule has 0 aliphatic heterocycles. The maximum atomic E-state index is 8.85. The van der Waals surface area contributed by atoms with Gasteiger partial charge in [-0.2, -0.15) is 5.26 Å². The van der Waals surface area contributed by atoms with Crippen molar-refractivity contribution in [1.82, 2.24) is 4.98 Å². The van der Waals surface area contributed by atoms with Crippen LogP contribution >= 0.6 is 0 Å². The molecule has 0 saturated heterocycles. The number of nitrogens with one attached hydrogen (secondary N) is 1. The van der Waals surface area contributed by atoms with Gasteiger partial charge in [-0.25, -0.2) is 0 Å². The number of pyridine rings is 1. The summed E-state index contributed by atoms with van der Waals surface area (Å²) < 4.78 is 0. The quantitative estimate of drug-likeness (QED) is 0.869. The van der Waals surface area contributed by atoms with E-state index in [-0.39, 0.29) is 6.04 Å². The lowest BCUT2D eigenvalue weighted by molar-refractivity contribution is 0.882. The standard InChI is InChI=1S/C14H13N3/c1-11(17-14-6-3-7-16-10-14)13-5-2-4-12(8-13)9-15/h2-8,10-11,17H,1H3. The number of anilines is 1. The lowest BCUT2D eigenvalue weighted by Crippen LogP contribution is -2.06. The van der Waals surface area contributed by atoms with Crippen LogP contribution in [0.2, 0.25) is 0 Å². The van der Waals surface area contributed by atoms with Crippen molar-refractivity contribution in [2.24, 2.45) is 0 Å². The van der Waals surface area contributed by atoms with E-state index in [0.717, 1.165) is 11.3 Å². The van der Waals surface area contributed by atoms with E-state index in [1.807, 2.05) is 30.3 Å². The molecule has 2 rings (SSSR count). The summed E-state index contributed by atoms with van der Waals surface area (Å²) in [5.41, 5.74) is 2.75. The molecule has 0 aliphatic rings. The summed E-state index contributed by atoms with van der Waals surface area (Å²) in [5.74, 6) is 0. The summed E-state index contributed by atoms with van der Waals surface area (Å²) in [6.07, 6.45) is 3.52. The Morgan fingerprint density at radius 3 is 2.88 bits per heavy atom. The Morgan fingerprint density at radius 2 is 2.18 bits per heavy atom. The van der Waals surface area contributed by atoms with Gasteiger partial charge >= 0.3 is 0 Å². The van der Waals surface area contributed by atoms with Crippen LogP contribution in [0.4, 0.5) is 5.69 Å². The average molecular weight is 223 g/mol. The van der Waals surface area contributed by atoms with E-state index in [4.69, 9.17) is 5.26 Å². The van der Waals surface area contributed by atoms with Gasteiger partial charge in [0.05, 0.1) is 17.3 Å². The van der Waals surface area contributed by atoms with Crippen LogP contribution in [-0.4, -0.2) is 4.98 Å². The number of benzene rings is 1. The predicted octanol–water partition coefficient (Wildman–Crippen LogP) is 3.13. The first-order chi connectivity index (χ1) is 8.29. The van der Waals surface area contributed by atoms with Crippen molar-refractivity contribution in [2.45, 2.75) is 13.0 Å². The molecule has 2 aromatic rings. The summed E-state index contributed by atoms with van der Waals surface area (Å²) in [5, 5.41) is 12.2. The van der Waals surface area contributed by atoms with Gasteiger partial charge in [-0.05, 0) is 36.8 Å². The average Bonchev–Trinajstić information content (AvgIpc) is 2.40. The minimum atomic E-state index is 0.146. The van der Waals surface area contributed by atoms with Crippen molar-refractivity contribution in [1.29, 1.82) is 5.26 Å². The van der Waals surface area contributed by atoms with Gasteiger partial charge < -0.3 is 5.32 Å². The fourth-order valence-corrected chi connectivity index (χ4v) is 1.66. The van der Waals surface area contributed by atoms with Crippen LogP contribution in [0, 0.1) is 11.3 Å². The predicted molar refractivity (Wildman–Crippen MR) is 67.4 cm³/mol. The zero-order chi connectivity index (χ0) is 12.1. The molecule has 0 bridgehead atoms. The Morgan fingerprint density at radius 1 is 1.29 bits per heavy atom. The van der Waals surface area contributed by atoms with Gasteiger partial charge in [0, 0.05) is 18.4 Å². The van der Waals surface area contributed by atoms with Crippen LogP contribution in [0.3, 0.4) is 0 Å². The molecule has 1 heterocycles. The third-order valence-corrected chi connectivity index (χ3v) is 2.56. The molecule has 3 nitrogen and oxygen atoms in total. The van der Waals surface area contributed by atoms with Crippen molar-refractivity contribution >= 4 is 5.69 Å². The van der Waals surface area contributed by atoms with E-state index in [1.54, 1.807) is 18.5 Å². The Kier molecular flexibility index (Phi) is 3.37. The fraction of sp³-hybridized carbons (Fsp3) is 0.143. The largest absolute Gasteiger partial charge is 0.377 e. The fourth-order valence-electron chi connectivity index (χ4n) is 1.66. The number of nitrogens with zero attached hydrogens (tertiary/aromatic N) is 2. The van der Waals surface area contributed by atoms with Crippen LogP contribution in [-0.2, 0) is 0 Å². The van der Waals surface area contributed by atoms with Gasteiger partial charge in [-0.15, -0.1) is 0 Å². The van der Waals surface area contributed by atoms with Crippen LogP contribution in [0.15, 0.2) is 48.8 Å². The van der Waals surface area contributed by atoms with Crippen molar-refractivity contribution in [3.8, 4) is 6.07 Å². The minimum Gasteiger partial charge on any atom is -0.377 e. The number of aromatic nitrogens is 1. The molecule has 1 N–H and O–H groups in total. The van der Waals surface area contributed by atoms with Crippen molar-refractivity contribution in [3.05, 3.63) is 59.9 Å². The van der Waals surface area contributed by atoms with Gasteiger partial charge in [0.2, 0.25) is 0 Å². The first kappa shape index (κ1) is 11.2. The van der Waals surface area contributed by atoms with Crippen molar-refractivity contribution < 1.29 is 0 Å². The zero-order valence-corrected chi connectivity index (χ0v) is 9.59. The van der Waals surface area contributed by atoms with Gasteiger partial charge in [-0.3, -0.25) is 4.98 Å². The highest BCUT2D eigenvalue weighted by Crippen LogP contribution is 2.18. The second-order valence-electron chi connectivity index (χ2n) is 3.84. The molecule has 0 fully saturated rings. The van der Waals surface area contributed by atoms with E-state index in [2.05, 4.69) is 23.3 Å². The van der Waals surface area contributed by atoms with E-state index in [0.29, 0.717) is 5.56 Å². The summed E-state index contributed by atoms with van der Waals surface area (Å²) >= 11 is 0. The first-order valence-electron chi connectivity index (χ1n) is 5.46. The third-order valence-electron chi connectivity index (χ3n) is 2.56. The van der Waals surface area contributed by atoms with Crippen LogP contribution in [0.5, 0.6) is 0 Å². The highest BCUT2D eigenvalue weighted by atomic mass is 14.9. The van der Waals surface area contributed by atoms with E-state index in [9.17, 15) is 0 Å². The summed E-state index contributed by atoms with van der Waals surface area (Å²) in [6.45, 7) is 2.06.